The maximum atomic E-state index is 12.4. The third kappa shape index (κ3) is 3.92. The highest BCUT2D eigenvalue weighted by atomic mass is 32.1. The van der Waals surface area contributed by atoms with Gasteiger partial charge in [-0.25, -0.2) is 4.98 Å². The van der Waals surface area contributed by atoms with Gasteiger partial charge < -0.3 is 15.8 Å². The van der Waals surface area contributed by atoms with E-state index in [4.69, 9.17) is 10.5 Å². The lowest BCUT2D eigenvalue weighted by molar-refractivity contribution is -0.115. The maximum Gasteiger partial charge on any atom is 0.230 e. The largest absolute Gasteiger partial charge is 0.493 e. The number of amides is 1. The van der Waals surface area contributed by atoms with Crippen LogP contribution < -0.4 is 15.8 Å². The fourth-order valence-electron chi connectivity index (χ4n) is 2.65. The highest BCUT2D eigenvalue weighted by Crippen LogP contribution is 2.33. The van der Waals surface area contributed by atoms with Crippen LogP contribution in [0.4, 0.5) is 10.3 Å². The molecule has 3 N–H and O–H groups in total. The summed E-state index contributed by atoms with van der Waals surface area (Å²) in [4.78, 5) is 20.7. The lowest BCUT2D eigenvalue weighted by atomic mass is 10.1. The Hall–Kier alpha value is -3.11. The highest BCUT2D eigenvalue weighted by molar-refractivity contribution is 7.22. The number of nitrogens with one attached hydrogen (secondary N) is 1. The fourth-order valence-corrected chi connectivity index (χ4v) is 4.22. The van der Waals surface area contributed by atoms with Gasteiger partial charge >= 0.3 is 0 Å². The van der Waals surface area contributed by atoms with Crippen molar-refractivity contribution in [2.75, 3.05) is 17.7 Å². The first-order valence-electron chi connectivity index (χ1n) is 8.48. The molecule has 0 spiro atoms. The van der Waals surface area contributed by atoms with E-state index in [9.17, 15) is 4.79 Å². The van der Waals surface area contributed by atoms with E-state index in [1.54, 1.807) is 18.5 Å². The molecule has 4 rings (SSSR count). The number of benzene rings is 1. The summed E-state index contributed by atoms with van der Waals surface area (Å²) in [5, 5.41) is 12.6. The Kier molecular flexibility index (Phi) is 5.13. The zero-order chi connectivity index (χ0) is 19.5. The number of fused-ring (bicyclic) bond motifs is 1. The molecule has 0 radical (unpaired) electrons. The molecule has 0 saturated heterocycles. The number of ether oxygens (including phenoxy) is 1. The van der Waals surface area contributed by atoms with Gasteiger partial charge in [-0.1, -0.05) is 28.7 Å². The molecule has 0 atom stereocenters. The quantitative estimate of drug-likeness (QED) is 0.499. The number of aromatic nitrogens is 4. The molecular weight excluding hydrogens is 396 g/mol. The van der Waals surface area contributed by atoms with Crippen LogP contribution in [0.2, 0.25) is 0 Å². The molecule has 4 aromatic rings. The van der Waals surface area contributed by atoms with Gasteiger partial charge in [0.25, 0.3) is 0 Å². The lowest BCUT2D eigenvalue weighted by Crippen LogP contribution is -2.14. The minimum Gasteiger partial charge on any atom is -0.493 e. The third-order valence-corrected chi connectivity index (χ3v) is 5.54. The Morgan fingerprint density at radius 1 is 1.25 bits per heavy atom. The van der Waals surface area contributed by atoms with Gasteiger partial charge in [0.2, 0.25) is 11.0 Å². The van der Waals surface area contributed by atoms with Crippen molar-refractivity contribution in [2.45, 2.75) is 13.3 Å². The second-order valence-corrected chi connectivity index (χ2v) is 7.84. The molecular formula is C18H16N6O2S2. The molecule has 1 aromatic carbocycles. The van der Waals surface area contributed by atoms with Gasteiger partial charge in [-0.2, -0.15) is 0 Å². The molecule has 0 aliphatic carbocycles. The fraction of sp³-hybridized carbons (Fsp3) is 0.167. The number of pyridine rings is 1. The van der Waals surface area contributed by atoms with Crippen molar-refractivity contribution in [1.82, 2.24) is 20.2 Å². The molecule has 0 saturated carbocycles. The van der Waals surface area contributed by atoms with Crippen molar-refractivity contribution < 1.29 is 9.53 Å². The summed E-state index contributed by atoms with van der Waals surface area (Å²) >= 11 is 2.67. The third-order valence-electron chi connectivity index (χ3n) is 3.82. The zero-order valence-electron chi connectivity index (χ0n) is 14.9. The van der Waals surface area contributed by atoms with E-state index in [0.717, 1.165) is 21.3 Å². The molecule has 1 amide bonds. The van der Waals surface area contributed by atoms with Crippen LogP contribution in [0.5, 0.6) is 5.75 Å². The van der Waals surface area contributed by atoms with Crippen molar-refractivity contribution >= 4 is 49.1 Å². The van der Waals surface area contributed by atoms with Crippen LogP contribution in [0, 0.1) is 0 Å². The normalized spacial score (nSPS) is 10.9. The van der Waals surface area contributed by atoms with E-state index >= 15 is 0 Å². The maximum absolute atomic E-state index is 12.4. The summed E-state index contributed by atoms with van der Waals surface area (Å²) in [6.45, 7) is 2.45. The number of hydrogen-bond acceptors (Lipinski definition) is 9. The number of carbonyl (C=O) groups is 1. The summed E-state index contributed by atoms with van der Waals surface area (Å²) in [5.74, 6) is 0.513. The predicted molar refractivity (Wildman–Crippen MR) is 111 cm³/mol. The number of carbonyl (C=O) groups excluding carboxylic acids is 1. The van der Waals surface area contributed by atoms with Gasteiger partial charge in [-0.05, 0) is 30.7 Å². The van der Waals surface area contributed by atoms with E-state index < -0.39 is 0 Å². The van der Waals surface area contributed by atoms with Crippen molar-refractivity contribution in [3.63, 3.8) is 0 Å². The van der Waals surface area contributed by atoms with Gasteiger partial charge in [0.1, 0.15) is 5.75 Å². The second kappa shape index (κ2) is 7.87. The van der Waals surface area contributed by atoms with Gasteiger partial charge in [-0.3, -0.25) is 9.78 Å². The van der Waals surface area contributed by atoms with Crippen molar-refractivity contribution in [1.29, 1.82) is 0 Å². The number of hydrogen-bond donors (Lipinski definition) is 2. The van der Waals surface area contributed by atoms with Gasteiger partial charge in [-0.15, -0.1) is 10.2 Å². The average Bonchev–Trinajstić information content (AvgIpc) is 3.27. The summed E-state index contributed by atoms with van der Waals surface area (Å²) in [5.41, 5.74) is 8.18. The molecule has 0 aliphatic rings. The molecule has 28 heavy (non-hydrogen) atoms. The number of rotatable bonds is 6. The Bertz CT molecular complexity index is 1140. The lowest BCUT2D eigenvalue weighted by Gasteiger charge is -2.06. The first kappa shape index (κ1) is 18.3. The van der Waals surface area contributed by atoms with Crippen LogP contribution >= 0.6 is 22.7 Å². The van der Waals surface area contributed by atoms with E-state index in [0.29, 0.717) is 27.6 Å². The Morgan fingerprint density at radius 3 is 3.00 bits per heavy atom. The summed E-state index contributed by atoms with van der Waals surface area (Å²) < 4.78 is 6.56. The predicted octanol–water partition coefficient (Wildman–Crippen LogP) is 3.37. The topological polar surface area (TPSA) is 116 Å². The minimum absolute atomic E-state index is 0.171. The van der Waals surface area contributed by atoms with Crippen LogP contribution in [0.1, 0.15) is 12.5 Å². The summed E-state index contributed by atoms with van der Waals surface area (Å²) in [6, 6.07) is 7.45. The standard InChI is InChI=1S/C18H16N6O2S2/c1-2-26-13-5-6-20-9-11(13)16-23-24-18(28-16)22-15(25)8-10-3-4-12-14(7-10)27-17(19)21-12/h3-7,9H,2,8H2,1H3,(H2,19,21)(H,22,24,25). The smallest absolute Gasteiger partial charge is 0.230 e. The van der Waals surface area contributed by atoms with Crippen molar-refractivity contribution in [3.05, 3.63) is 42.2 Å². The molecule has 0 unspecified atom stereocenters. The van der Waals surface area contributed by atoms with Crippen LogP contribution in [0.3, 0.4) is 0 Å². The monoisotopic (exact) mass is 412 g/mol. The Morgan fingerprint density at radius 2 is 2.14 bits per heavy atom. The molecule has 3 aromatic heterocycles. The second-order valence-electron chi connectivity index (χ2n) is 5.80. The van der Waals surface area contributed by atoms with E-state index in [-0.39, 0.29) is 12.3 Å². The Balaban J connectivity index is 1.46. The van der Waals surface area contributed by atoms with Crippen molar-refractivity contribution in [2.24, 2.45) is 0 Å². The van der Waals surface area contributed by atoms with Crippen molar-refractivity contribution in [3.8, 4) is 16.3 Å². The zero-order valence-corrected chi connectivity index (χ0v) is 16.5. The van der Waals surface area contributed by atoms with E-state index in [2.05, 4.69) is 25.5 Å². The van der Waals surface area contributed by atoms with Crippen LogP contribution in [-0.4, -0.2) is 32.7 Å². The molecule has 142 valence electrons. The Labute approximate surface area is 168 Å². The molecule has 10 heteroatoms. The SMILES string of the molecule is CCOc1ccncc1-c1nnc(NC(=O)Cc2ccc3nc(N)sc3c2)s1. The van der Waals surface area contributed by atoms with Crippen LogP contribution in [0.15, 0.2) is 36.7 Å². The number of thiazole rings is 1. The molecule has 0 fully saturated rings. The minimum atomic E-state index is -0.171. The van der Waals surface area contributed by atoms with Gasteiger partial charge in [0.15, 0.2) is 10.1 Å². The number of anilines is 2. The van der Waals surface area contributed by atoms with Gasteiger partial charge in [0, 0.05) is 12.4 Å². The number of nitrogens with two attached hydrogens (primary N) is 1. The first-order chi connectivity index (χ1) is 13.6. The molecule has 0 bridgehead atoms. The van der Waals surface area contributed by atoms with Crippen LogP contribution in [-0.2, 0) is 11.2 Å². The highest BCUT2D eigenvalue weighted by Gasteiger charge is 2.14. The molecule has 3 heterocycles. The number of nitrogens with zero attached hydrogens (tertiary/aromatic N) is 4. The van der Waals surface area contributed by atoms with Gasteiger partial charge in [0.05, 0.1) is 28.8 Å². The summed E-state index contributed by atoms with van der Waals surface area (Å²) in [7, 11) is 0. The van der Waals surface area contributed by atoms with Crippen LogP contribution in [0.25, 0.3) is 20.8 Å². The van der Waals surface area contributed by atoms with E-state index in [1.165, 1.54) is 22.7 Å². The first-order valence-corrected chi connectivity index (χ1v) is 10.1. The molecule has 8 nitrogen and oxygen atoms in total. The molecule has 0 aliphatic heterocycles. The average molecular weight is 413 g/mol. The van der Waals surface area contributed by atoms with E-state index in [1.807, 2.05) is 25.1 Å². The summed E-state index contributed by atoms with van der Waals surface area (Å²) in [6.07, 6.45) is 3.55. The number of nitrogen functional groups attached to an aromatic ring is 1.